The van der Waals surface area contributed by atoms with Crippen LogP contribution < -0.4 is 10.6 Å². The van der Waals surface area contributed by atoms with Crippen LogP contribution in [0.4, 0.5) is 4.79 Å². The molecule has 0 aromatic carbocycles. The molecule has 1 aromatic rings. The van der Waals surface area contributed by atoms with E-state index in [4.69, 9.17) is 5.11 Å². The second-order valence-corrected chi connectivity index (χ2v) is 6.97. The van der Waals surface area contributed by atoms with Gasteiger partial charge in [-0.25, -0.2) is 4.79 Å². The number of rotatable bonds is 5. The Morgan fingerprint density at radius 3 is 2.77 bits per heavy atom. The van der Waals surface area contributed by atoms with E-state index in [2.05, 4.69) is 25.7 Å². The highest BCUT2D eigenvalue weighted by atomic mass is 16.3. The van der Waals surface area contributed by atoms with Crippen molar-refractivity contribution in [2.45, 2.75) is 25.8 Å². The van der Waals surface area contributed by atoms with Gasteiger partial charge < -0.3 is 25.5 Å². The molecule has 9 nitrogen and oxygen atoms in total. The van der Waals surface area contributed by atoms with E-state index in [0.717, 1.165) is 43.7 Å². The van der Waals surface area contributed by atoms with E-state index in [0.29, 0.717) is 37.7 Å². The van der Waals surface area contributed by atoms with E-state index < -0.39 is 0 Å². The maximum Gasteiger partial charge on any atom is 0.317 e. The molecule has 144 valence electrons. The number of hydrogen-bond donors (Lipinski definition) is 4. The number of aromatic nitrogens is 2. The van der Waals surface area contributed by atoms with Gasteiger partial charge in [0, 0.05) is 44.4 Å². The fourth-order valence-electron chi connectivity index (χ4n) is 3.67. The van der Waals surface area contributed by atoms with Crippen LogP contribution in [0.3, 0.4) is 0 Å². The van der Waals surface area contributed by atoms with Crippen LogP contribution in [-0.4, -0.2) is 83.4 Å². The van der Waals surface area contributed by atoms with E-state index in [-0.39, 0.29) is 18.5 Å². The number of amides is 3. The zero-order valence-corrected chi connectivity index (χ0v) is 15.3. The summed E-state index contributed by atoms with van der Waals surface area (Å²) in [7, 11) is 1.57. The first-order chi connectivity index (χ1) is 12.6. The number of hydrogen-bond acceptors (Lipinski definition) is 5. The van der Waals surface area contributed by atoms with Crippen molar-refractivity contribution in [3.63, 3.8) is 0 Å². The standard InChI is InChI=1S/C17H28N6O3/c1-18-16(25)15-13-11-23(7-4-14(13)20-21-15)17(26)19-10-12-2-5-22(6-3-12)8-9-24/h12,24H,2-11H2,1H3,(H,18,25)(H,19,26)(H,20,21). The summed E-state index contributed by atoms with van der Waals surface area (Å²) < 4.78 is 0. The third kappa shape index (κ3) is 4.16. The van der Waals surface area contributed by atoms with Crippen LogP contribution in [0.1, 0.15) is 34.6 Å². The Balaban J connectivity index is 1.49. The number of piperidine rings is 1. The number of carbonyl (C=O) groups is 2. The number of aliphatic hydroxyl groups excluding tert-OH is 1. The molecular formula is C17H28N6O3. The van der Waals surface area contributed by atoms with Gasteiger partial charge in [-0.3, -0.25) is 9.89 Å². The van der Waals surface area contributed by atoms with Gasteiger partial charge in [0.15, 0.2) is 5.69 Å². The van der Waals surface area contributed by atoms with Crippen molar-refractivity contribution in [2.24, 2.45) is 5.92 Å². The number of nitrogens with one attached hydrogen (secondary N) is 3. The molecule has 4 N–H and O–H groups in total. The summed E-state index contributed by atoms with van der Waals surface area (Å²) in [5.74, 6) is 0.240. The van der Waals surface area contributed by atoms with Crippen molar-refractivity contribution >= 4 is 11.9 Å². The monoisotopic (exact) mass is 364 g/mol. The molecule has 2 aliphatic heterocycles. The molecule has 3 heterocycles. The number of H-pyrrole nitrogens is 1. The van der Waals surface area contributed by atoms with Crippen molar-refractivity contribution in [1.82, 2.24) is 30.6 Å². The predicted octanol–water partition coefficient (Wildman–Crippen LogP) is -0.459. The largest absolute Gasteiger partial charge is 0.395 e. The maximum atomic E-state index is 12.5. The van der Waals surface area contributed by atoms with Crippen molar-refractivity contribution < 1.29 is 14.7 Å². The highest BCUT2D eigenvalue weighted by molar-refractivity contribution is 5.94. The van der Waals surface area contributed by atoms with Gasteiger partial charge in [-0.2, -0.15) is 5.10 Å². The summed E-state index contributed by atoms with van der Waals surface area (Å²) in [5, 5.41) is 21.6. The Bertz CT molecular complexity index is 638. The van der Waals surface area contributed by atoms with E-state index in [1.807, 2.05) is 0 Å². The summed E-state index contributed by atoms with van der Waals surface area (Å²) >= 11 is 0. The van der Waals surface area contributed by atoms with Crippen LogP contribution in [0, 0.1) is 5.92 Å². The fraction of sp³-hybridized carbons (Fsp3) is 0.706. The van der Waals surface area contributed by atoms with Crippen molar-refractivity contribution in [3.05, 3.63) is 17.0 Å². The number of fused-ring (bicyclic) bond motifs is 1. The van der Waals surface area contributed by atoms with Crippen LogP contribution >= 0.6 is 0 Å². The van der Waals surface area contributed by atoms with Gasteiger partial charge in [0.2, 0.25) is 0 Å². The number of carbonyl (C=O) groups excluding carboxylic acids is 2. The second-order valence-electron chi connectivity index (χ2n) is 6.97. The minimum Gasteiger partial charge on any atom is -0.395 e. The Morgan fingerprint density at radius 2 is 2.08 bits per heavy atom. The molecule has 26 heavy (non-hydrogen) atoms. The topological polar surface area (TPSA) is 114 Å². The molecule has 1 aromatic heterocycles. The Morgan fingerprint density at radius 1 is 1.31 bits per heavy atom. The number of likely N-dealkylation sites (tertiary alicyclic amines) is 1. The van der Waals surface area contributed by atoms with E-state index in [1.54, 1.807) is 11.9 Å². The first-order valence-corrected chi connectivity index (χ1v) is 9.26. The lowest BCUT2D eigenvalue weighted by Gasteiger charge is -2.32. The molecule has 0 bridgehead atoms. The Hall–Kier alpha value is -2.13. The van der Waals surface area contributed by atoms with Gasteiger partial charge in [-0.1, -0.05) is 0 Å². The average Bonchev–Trinajstić information content (AvgIpc) is 3.10. The van der Waals surface area contributed by atoms with Crippen molar-refractivity contribution in [3.8, 4) is 0 Å². The summed E-state index contributed by atoms with van der Waals surface area (Å²) in [6.07, 6.45) is 2.74. The lowest BCUT2D eigenvalue weighted by Crippen LogP contribution is -2.46. The lowest BCUT2D eigenvalue weighted by atomic mass is 9.97. The van der Waals surface area contributed by atoms with Crippen LogP contribution in [0.5, 0.6) is 0 Å². The fourth-order valence-corrected chi connectivity index (χ4v) is 3.67. The van der Waals surface area contributed by atoms with E-state index >= 15 is 0 Å². The zero-order valence-electron chi connectivity index (χ0n) is 15.3. The molecule has 0 radical (unpaired) electrons. The molecule has 0 atom stereocenters. The predicted molar refractivity (Wildman–Crippen MR) is 95.7 cm³/mol. The first-order valence-electron chi connectivity index (χ1n) is 9.26. The zero-order chi connectivity index (χ0) is 18.5. The minimum atomic E-state index is -0.237. The van der Waals surface area contributed by atoms with Crippen molar-refractivity contribution in [1.29, 1.82) is 0 Å². The quantitative estimate of drug-likeness (QED) is 0.565. The molecule has 0 saturated carbocycles. The molecule has 0 spiro atoms. The number of aliphatic hydroxyl groups is 1. The smallest absolute Gasteiger partial charge is 0.317 e. The van der Waals surface area contributed by atoms with Gasteiger partial charge in [0.25, 0.3) is 5.91 Å². The van der Waals surface area contributed by atoms with Gasteiger partial charge >= 0.3 is 6.03 Å². The number of β-amino-alcohol motifs (C(OH)–C–C–N with tert-alkyl or cyclic N) is 1. The Kier molecular flexibility index (Phi) is 6.10. The maximum absolute atomic E-state index is 12.5. The highest BCUT2D eigenvalue weighted by Crippen LogP contribution is 2.21. The van der Waals surface area contributed by atoms with Crippen molar-refractivity contribution in [2.75, 3.05) is 46.4 Å². The first kappa shape index (κ1) is 18.7. The third-order valence-electron chi connectivity index (χ3n) is 5.33. The summed E-state index contributed by atoms with van der Waals surface area (Å²) in [6, 6.07) is -0.0857. The van der Waals surface area contributed by atoms with Crippen LogP contribution in [-0.2, 0) is 13.0 Å². The average molecular weight is 364 g/mol. The Labute approximate surface area is 153 Å². The van der Waals surface area contributed by atoms with Gasteiger partial charge in [-0.05, 0) is 31.8 Å². The molecule has 1 fully saturated rings. The molecule has 1 saturated heterocycles. The second kappa shape index (κ2) is 8.50. The van der Waals surface area contributed by atoms with E-state index in [1.165, 1.54) is 0 Å². The van der Waals surface area contributed by atoms with Gasteiger partial charge in [-0.15, -0.1) is 0 Å². The summed E-state index contributed by atoms with van der Waals surface area (Å²) in [6.45, 7) is 4.55. The summed E-state index contributed by atoms with van der Waals surface area (Å²) in [5.41, 5.74) is 2.11. The summed E-state index contributed by atoms with van der Waals surface area (Å²) in [4.78, 5) is 28.4. The van der Waals surface area contributed by atoms with E-state index in [9.17, 15) is 9.59 Å². The highest BCUT2D eigenvalue weighted by Gasteiger charge is 2.28. The third-order valence-corrected chi connectivity index (χ3v) is 5.33. The molecule has 2 aliphatic rings. The van der Waals surface area contributed by atoms with Crippen LogP contribution in [0.15, 0.2) is 0 Å². The van der Waals surface area contributed by atoms with Crippen LogP contribution in [0.2, 0.25) is 0 Å². The number of aromatic amines is 1. The van der Waals surface area contributed by atoms with Crippen LogP contribution in [0.25, 0.3) is 0 Å². The molecule has 3 amide bonds. The van der Waals surface area contributed by atoms with Gasteiger partial charge in [0.05, 0.1) is 13.2 Å². The number of nitrogens with zero attached hydrogens (tertiary/aromatic N) is 3. The lowest BCUT2D eigenvalue weighted by molar-refractivity contribution is 0.0955. The molecule has 0 unspecified atom stereocenters. The molecule has 9 heteroatoms. The molecule has 3 rings (SSSR count). The SMILES string of the molecule is CNC(=O)c1n[nH]c2c1CN(C(=O)NCC1CCN(CCO)CC1)CC2. The molecule has 0 aliphatic carbocycles. The minimum absolute atomic E-state index is 0.0857. The normalized spacial score (nSPS) is 18.5. The number of urea groups is 1. The van der Waals surface area contributed by atoms with Gasteiger partial charge in [0.1, 0.15) is 0 Å². The molecular weight excluding hydrogens is 336 g/mol.